The summed E-state index contributed by atoms with van der Waals surface area (Å²) in [7, 11) is 3.35. The lowest BCUT2D eigenvalue weighted by molar-refractivity contribution is -0.128. The van der Waals surface area contributed by atoms with E-state index in [0.717, 1.165) is 19.6 Å². The molecule has 7 heteroatoms. The van der Waals surface area contributed by atoms with E-state index in [1.807, 2.05) is 0 Å². The maximum Gasteiger partial charge on any atom is 0.324 e. The van der Waals surface area contributed by atoms with Crippen molar-refractivity contribution in [2.75, 3.05) is 53.6 Å². The highest BCUT2D eigenvalue weighted by atomic mass is 16.5. The van der Waals surface area contributed by atoms with Crippen molar-refractivity contribution in [3.8, 4) is 0 Å². The number of nitrogens with one attached hydrogen (secondary N) is 1. The molecule has 2 rings (SSSR count). The van der Waals surface area contributed by atoms with Gasteiger partial charge in [0.25, 0.3) is 5.91 Å². The van der Waals surface area contributed by atoms with E-state index in [4.69, 9.17) is 9.47 Å². The molecule has 3 amide bonds. The Labute approximate surface area is 119 Å². The molecule has 0 radical (unpaired) electrons. The largest absolute Gasteiger partial charge is 0.382 e. The van der Waals surface area contributed by atoms with Crippen LogP contribution >= 0.6 is 0 Å². The molecule has 2 saturated heterocycles. The lowest BCUT2D eigenvalue weighted by Crippen LogP contribution is -2.55. The number of piperidine rings is 1. The highest BCUT2D eigenvalue weighted by molar-refractivity contribution is 6.06. The number of hydrogen-bond acceptors (Lipinski definition) is 5. The van der Waals surface area contributed by atoms with Gasteiger partial charge < -0.3 is 19.3 Å². The first kappa shape index (κ1) is 15.2. The van der Waals surface area contributed by atoms with Gasteiger partial charge in [-0.3, -0.25) is 10.1 Å². The Kier molecular flexibility index (Phi) is 4.95. The van der Waals surface area contributed by atoms with E-state index in [0.29, 0.717) is 32.7 Å². The van der Waals surface area contributed by atoms with Crippen LogP contribution < -0.4 is 5.32 Å². The van der Waals surface area contributed by atoms with E-state index in [1.54, 1.807) is 19.1 Å². The highest BCUT2D eigenvalue weighted by Crippen LogP contribution is 2.31. The third-order valence-electron chi connectivity index (χ3n) is 4.26. The molecule has 1 N–H and O–H groups in total. The van der Waals surface area contributed by atoms with E-state index in [-0.39, 0.29) is 11.9 Å². The zero-order valence-corrected chi connectivity index (χ0v) is 12.2. The van der Waals surface area contributed by atoms with Crippen molar-refractivity contribution in [3.05, 3.63) is 0 Å². The number of ether oxygens (including phenoxy) is 2. The van der Waals surface area contributed by atoms with E-state index in [9.17, 15) is 9.59 Å². The first-order valence-electron chi connectivity index (χ1n) is 6.98. The van der Waals surface area contributed by atoms with Crippen LogP contribution in [0.1, 0.15) is 12.8 Å². The number of hydrogen-bond donors (Lipinski definition) is 1. The average Bonchev–Trinajstić information content (AvgIpc) is 2.65. The molecule has 0 atom stereocenters. The number of methoxy groups -OCH3 is 1. The standard InChI is InChI=1S/C13H23N3O4/c1-15-12(18)14-11(17)13(15)3-5-16(6-4-13)7-8-20-10-9-19-2/h3-10H2,1-2H3,(H,14,17,18). The second kappa shape index (κ2) is 6.51. The van der Waals surface area contributed by atoms with E-state index >= 15 is 0 Å². The molecule has 0 aromatic heterocycles. The van der Waals surface area contributed by atoms with Gasteiger partial charge in [-0.15, -0.1) is 0 Å². The third-order valence-corrected chi connectivity index (χ3v) is 4.26. The van der Waals surface area contributed by atoms with Crippen LogP contribution in [0.4, 0.5) is 4.79 Å². The normalized spacial score (nSPS) is 22.6. The van der Waals surface area contributed by atoms with Gasteiger partial charge in [-0.1, -0.05) is 0 Å². The van der Waals surface area contributed by atoms with Gasteiger partial charge in [0.1, 0.15) is 5.54 Å². The van der Waals surface area contributed by atoms with Gasteiger partial charge in [0.05, 0.1) is 19.8 Å². The number of rotatable bonds is 6. The number of urea groups is 1. The molecule has 2 aliphatic heterocycles. The van der Waals surface area contributed by atoms with Crippen LogP contribution in [-0.2, 0) is 14.3 Å². The summed E-state index contributed by atoms with van der Waals surface area (Å²) in [5, 5.41) is 2.40. The summed E-state index contributed by atoms with van der Waals surface area (Å²) in [6, 6.07) is -0.286. The number of likely N-dealkylation sites (tertiary alicyclic amines) is 1. The van der Waals surface area contributed by atoms with Crippen molar-refractivity contribution in [3.63, 3.8) is 0 Å². The molecule has 2 fully saturated rings. The van der Waals surface area contributed by atoms with E-state index in [2.05, 4.69) is 10.2 Å². The summed E-state index contributed by atoms with van der Waals surface area (Å²) in [6.45, 7) is 4.33. The predicted molar refractivity (Wildman–Crippen MR) is 72.4 cm³/mol. The molecule has 0 aliphatic carbocycles. The van der Waals surface area contributed by atoms with Crippen molar-refractivity contribution in [1.29, 1.82) is 0 Å². The molecule has 0 aromatic carbocycles. The van der Waals surface area contributed by atoms with Crippen molar-refractivity contribution in [2.24, 2.45) is 0 Å². The Morgan fingerprint density at radius 1 is 1.20 bits per heavy atom. The van der Waals surface area contributed by atoms with Crippen molar-refractivity contribution in [1.82, 2.24) is 15.1 Å². The van der Waals surface area contributed by atoms with Crippen LogP contribution in [0, 0.1) is 0 Å². The first-order chi connectivity index (χ1) is 9.60. The van der Waals surface area contributed by atoms with E-state index < -0.39 is 5.54 Å². The zero-order valence-electron chi connectivity index (χ0n) is 12.2. The number of likely N-dealkylation sites (N-methyl/N-ethyl adjacent to an activating group) is 1. The quantitative estimate of drug-likeness (QED) is 0.534. The lowest BCUT2D eigenvalue weighted by atomic mass is 9.86. The molecule has 114 valence electrons. The van der Waals surface area contributed by atoms with Crippen molar-refractivity contribution < 1.29 is 19.1 Å². The van der Waals surface area contributed by atoms with E-state index in [1.165, 1.54) is 0 Å². The Bertz CT molecular complexity index is 367. The monoisotopic (exact) mass is 285 g/mol. The number of carbonyl (C=O) groups excluding carboxylic acids is 2. The Balaban J connectivity index is 1.75. The van der Waals surface area contributed by atoms with Gasteiger partial charge >= 0.3 is 6.03 Å². The fraction of sp³-hybridized carbons (Fsp3) is 0.846. The van der Waals surface area contributed by atoms with Crippen LogP contribution in [0.3, 0.4) is 0 Å². The molecule has 7 nitrogen and oxygen atoms in total. The summed E-state index contributed by atoms with van der Waals surface area (Å²) in [5.74, 6) is -0.152. The van der Waals surface area contributed by atoms with Gasteiger partial charge in [-0.25, -0.2) is 4.79 Å². The minimum absolute atomic E-state index is 0.152. The molecule has 2 heterocycles. The predicted octanol–water partition coefficient (Wildman–Crippen LogP) is -0.334. The Hall–Kier alpha value is -1.18. The third kappa shape index (κ3) is 2.94. The van der Waals surface area contributed by atoms with Gasteiger partial charge in [0.15, 0.2) is 0 Å². The summed E-state index contributed by atoms with van der Waals surface area (Å²) >= 11 is 0. The molecular weight excluding hydrogens is 262 g/mol. The molecule has 0 unspecified atom stereocenters. The van der Waals surface area contributed by atoms with Crippen LogP contribution in [0.5, 0.6) is 0 Å². The molecule has 20 heavy (non-hydrogen) atoms. The number of imide groups is 1. The van der Waals surface area contributed by atoms with Crippen LogP contribution in [0.2, 0.25) is 0 Å². The smallest absolute Gasteiger partial charge is 0.324 e. The second-order valence-corrected chi connectivity index (χ2v) is 5.30. The van der Waals surface area contributed by atoms with Crippen molar-refractivity contribution >= 4 is 11.9 Å². The maximum absolute atomic E-state index is 12.0. The highest BCUT2D eigenvalue weighted by Gasteiger charge is 2.52. The number of amides is 3. The van der Waals surface area contributed by atoms with Gasteiger partial charge in [-0.05, 0) is 12.8 Å². The van der Waals surface area contributed by atoms with Crippen LogP contribution in [0.15, 0.2) is 0 Å². The van der Waals surface area contributed by atoms with Gasteiger partial charge in [0.2, 0.25) is 0 Å². The van der Waals surface area contributed by atoms with Crippen LogP contribution in [0.25, 0.3) is 0 Å². The SMILES string of the molecule is COCCOCCN1CCC2(CC1)C(=O)NC(=O)N2C. The summed E-state index contributed by atoms with van der Waals surface area (Å²) in [4.78, 5) is 27.4. The zero-order chi connectivity index (χ0) is 14.6. The molecule has 1 spiro atoms. The second-order valence-electron chi connectivity index (χ2n) is 5.30. The lowest BCUT2D eigenvalue weighted by Gasteiger charge is -2.40. The minimum Gasteiger partial charge on any atom is -0.382 e. The molecule has 2 aliphatic rings. The van der Waals surface area contributed by atoms with Gasteiger partial charge in [-0.2, -0.15) is 0 Å². The molecular formula is C13H23N3O4. The molecule has 0 saturated carbocycles. The fourth-order valence-corrected chi connectivity index (χ4v) is 2.79. The first-order valence-corrected chi connectivity index (χ1v) is 6.98. The Morgan fingerprint density at radius 3 is 2.45 bits per heavy atom. The summed E-state index contributed by atoms with van der Waals surface area (Å²) in [6.07, 6.45) is 1.36. The summed E-state index contributed by atoms with van der Waals surface area (Å²) in [5.41, 5.74) is -0.634. The number of carbonyl (C=O) groups is 2. The minimum atomic E-state index is -0.634. The maximum atomic E-state index is 12.0. The summed E-state index contributed by atoms with van der Waals surface area (Å²) < 4.78 is 10.4. The molecule has 0 bridgehead atoms. The Morgan fingerprint density at radius 2 is 1.90 bits per heavy atom. The molecule has 0 aromatic rings. The van der Waals surface area contributed by atoms with Crippen molar-refractivity contribution in [2.45, 2.75) is 18.4 Å². The fourth-order valence-electron chi connectivity index (χ4n) is 2.79. The number of nitrogens with zero attached hydrogens (tertiary/aromatic N) is 2. The van der Waals surface area contributed by atoms with Gasteiger partial charge in [0, 0.05) is 33.8 Å². The average molecular weight is 285 g/mol. The topological polar surface area (TPSA) is 71.1 Å². The van der Waals surface area contributed by atoms with Crippen LogP contribution in [-0.4, -0.2) is 80.9 Å².